The van der Waals surface area contributed by atoms with Gasteiger partial charge in [0.1, 0.15) is 17.7 Å². The van der Waals surface area contributed by atoms with Crippen molar-refractivity contribution in [3.8, 4) is 0 Å². The molecular weight excluding hydrogens is 813 g/mol. The predicted molar refractivity (Wildman–Crippen MR) is 234 cm³/mol. The van der Waals surface area contributed by atoms with Crippen LogP contribution in [0.2, 0.25) is 0 Å². The summed E-state index contributed by atoms with van der Waals surface area (Å²) in [7, 11) is 0. The number of Topliss-reactive ketones (excluding diaryl/α,β-unsaturated/α-hetero) is 1. The van der Waals surface area contributed by atoms with Gasteiger partial charge in [0.15, 0.2) is 11.6 Å². The minimum atomic E-state index is -1.20. The predicted octanol–water partition coefficient (Wildman–Crippen LogP) is 8.96. The molecule has 0 bridgehead atoms. The average Bonchev–Trinajstić information content (AvgIpc) is 3.89. The van der Waals surface area contributed by atoms with Gasteiger partial charge in [0.2, 0.25) is 0 Å². The number of nitrogens with one attached hydrogen (secondary N) is 3. The summed E-state index contributed by atoms with van der Waals surface area (Å²) in [6.45, 7) is 0.474. The van der Waals surface area contributed by atoms with Gasteiger partial charge < -0.3 is 10.6 Å². The van der Waals surface area contributed by atoms with E-state index in [1.807, 2.05) is 54.6 Å². The average molecular weight is 850 g/mol. The van der Waals surface area contributed by atoms with Gasteiger partial charge in [-0.05, 0) is 70.8 Å². The summed E-state index contributed by atoms with van der Waals surface area (Å²) in [5.41, 5.74) is 3.48. The van der Waals surface area contributed by atoms with Gasteiger partial charge >= 0.3 is 0 Å². The van der Waals surface area contributed by atoms with Gasteiger partial charge in [0, 0.05) is 40.6 Å². The molecule has 8 nitrogen and oxygen atoms in total. The van der Waals surface area contributed by atoms with E-state index in [1.165, 1.54) is 18.2 Å². The molecule has 2 heterocycles. The third-order valence-corrected chi connectivity index (χ3v) is 13.3. The highest BCUT2D eigenvalue weighted by atomic mass is 32.2. The first-order valence-corrected chi connectivity index (χ1v) is 21.2. The van der Waals surface area contributed by atoms with Gasteiger partial charge in [-0.3, -0.25) is 29.3 Å². The summed E-state index contributed by atoms with van der Waals surface area (Å²) >= 11 is 2.54. The topological polar surface area (TPSA) is 121 Å². The number of benzene rings is 6. The fourth-order valence-electron chi connectivity index (χ4n) is 7.81. The van der Waals surface area contributed by atoms with Gasteiger partial charge in [0.05, 0.1) is 15.2 Å². The van der Waals surface area contributed by atoms with E-state index in [0.717, 1.165) is 40.6 Å². The molecule has 2 aliphatic heterocycles. The number of halogens is 2. The van der Waals surface area contributed by atoms with Gasteiger partial charge in [-0.1, -0.05) is 127 Å². The van der Waals surface area contributed by atoms with E-state index in [4.69, 9.17) is 0 Å². The van der Waals surface area contributed by atoms with Crippen molar-refractivity contribution in [1.82, 2.24) is 16.0 Å². The summed E-state index contributed by atoms with van der Waals surface area (Å²) in [5.74, 6) is -4.37. The first-order chi connectivity index (χ1) is 29.6. The molecule has 2 fully saturated rings. The smallest absolute Gasteiger partial charge is 0.290 e. The fraction of sp³-hybridized carbons (Fsp3) is 0.122. The van der Waals surface area contributed by atoms with Crippen molar-refractivity contribution < 1.29 is 32.8 Å². The molecule has 2 saturated heterocycles. The van der Waals surface area contributed by atoms with Gasteiger partial charge in [-0.2, -0.15) is 0 Å². The minimum absolute atomic E-state index is 0.0320. The first-order valence-electron chi connectivity index (χ1n) is 19.5. The number of ketones is 2. The number of hydrogen-bond acceptors (Lipinski definition) is 8. The number of hydrogen-bond donors (Lipinski definition) is 3. The second-order valence-electron chi connectivity index (χ2n) is 14.6. The highest BCUT2D eigenvalue weighted by molar-refractivity contribution is 8.18. The van der Waals surface area contributed by atoms with Crippen molar-refractivity contribution in [2.45, 2.75) is 28.5 Å². The molecule has 0 aromatic heterocycles. The molecule has 61 heavy (non-hydrogen) atoms. The highest BCUT2D eigenvalue weighted by Crippen LogP contribution is 2.51. The first kappa shape index (κ1) is 41.3. The molecule has 2 aliphatic rings. The minimum Gasteiger partial charge on any atom is -0.340 e. The van der Waals surface area contributed by atoms with Crippen LogP contribution in [0.1, 0.15) is 65.3 Å². The summed E-state index contributed by atoms with van der Waals surface area (Å²) in [6.07, 6.45) is 1.97. The van der Waals surface area contributed by atoms with E-state index in [-0.39, 0.29) is 26.8 Å². The lowest BCUT2D eigenvalue weighted by atomic mass is 9.84. The second-order valence-corrected chi connectivity index (χ2v) is 17.1. The van der Waals surface area contributed by atoms with E-state index < -0.39 is 62.6 Å². The molecule has 0 aliphatic carbocycles. The molecule has 3 atom stereocenters. The molecule has 304 valence electrons. The zero-order valence-corrected chi connectivity index (χ0v) is 34.0. The summed E-state index contributed by atoms with van der Waals surface area (Å²) in [4.78, 5) is 66.8. The molecule has 6 aromatic rings. The van der Waals surface area contributed by atoms with Crippen LogP contribution in [0.15, 0.2) is 163 Å². The van der Waals surface area contributed by atoms with Crippen LogP contribution in [0.25, 0.3) is 6.08 Å². The standard InChI is InChI=1S/C49H37F2N3O5S2/c50-35-24-25-39(40(51)27-35)44(55)37-18-10-11-19-38(37)45(56)43(53-46(57)31-22-20-30(21-23-31)26-42-47(58)54-48(59)60-42)41-28-36(29-52-41)61-49(32-12-4-1-5-13-32,33-14-6-2-7-15-33)34-16-8-3-9-17-34/h1-27,36,41,43,52H,28-29H2,(H,53,57)(H,54,58,59). The lowest BCUT2D eigenvalue weighted by Gasteiger charge is -2.37. The molecule has 3 amide bonds. The summed E-state index contributed by atoms with van der Waals surface area (Å²) in [5, 5.41) is 8.14. The Kier molecular flexibility index (Phi) is 12.2. The third kappa shape index (κ3) is 8.74. The highest BCUT2D eigenvalue weighted by Gasteiger charge is 2.44. The largest absolute Gasteiger partial charge is 0.340 e. The Labute approximate surface area is 359 Å². The Morgan fingerprint density at radius 1 is 0.721 bits per heavy atom. The number of amides is 3. The maximum absolute atomic E-state index is 15.0. The third-order valence-electron chi connectivity index (χ3n) is 10.7. The monoisotopic (exact) mass is 849 g/mol. The van der Waals surface area contributed by atoms with E-state index in [1.54, 1.807) is 48.2 Å². The van der Waals surface area contributed by atoms with Crippen LogP contribution in [-0.2, 0) is 9.54 Å². The molecule has 6 aromatic carbocycles. The van der Waals surface area contributed by atoms with Crippen molar-refractivity contribution >= 4 is 58.2 Å². The fourth-order valence-corrected chi connectivity index (χ4v) is 10.3. The molecule has 0 spiro atoms. The number of carbonyl (C=O) groups is 5. The zero-order valence-electron chi connectivity index (χ0n) is 32.3. The lowest BCUT2D eigenvalue weighted by Crippen LogP contribution is -2.52. The maximum Gasteiger partial charge on any atom is 0.290 e. The number of thioether (sulfide) groups is 2. The van der Waals surface area contributed by atoms with Crippen molar-refractivity contribution in [2.75, 3.05) is 6.54 Å². The van der Waals surface area contributed by atoms with Crippen molar-refractivity contribution in [2.24, 2.45) is 0 Å². The molecule has 3 unspecified atom stereocenters. The number of carbonyl (C=O) groups excluding carboxylic acids is 5. The van der Waals surface area contributed by atoms with Crippen LogP contribution in [-0.4, -0.2) is 52.5 Å². The molecule has 8 rings (SSSR count). The zero-order chi connectivity index (χ0) is 42.5. The van der Waals surface area contributed by atoms with Crippen molar-refractivity contribution in [1.29, 1.82) is 0 Å². The Morgan fingerprint density at radius 2 is 1.30 bits per heavy atom. The quantitative estimate of drug-likeness (QED) is 0.0599. The van der Waals surface area contributed by atoms with Crippen LogP contribution < -0.4 is 16.0 Å². The van der Waals surface area contributed by atoms with Crippen LogP contribution in [0.5, 0.6) is 0 Å². The van der Waals surface area contributed by atoms with Crippen molar-refractivity contribution in [3.63, 3.8) is 0 Å². The Balaban J connectivity index is 1.14. The molecule has 0 saturated carbocycles. The Hall–Kier alpha value is -6.47. The van der Waals surface area contributed by atoms with Gasteiger partial charge in [-0.15, -0.1) is 11.8 Å². The molecule has 3 N–H and O–H groups in total. The number of imide groups is 1. The van der Waals surface area contributed by atoms with E-state index in [0.29, 0.717) is 24.6 Å². The molecule has 0 radical (unpaired) electrons. The molecule has 12 heteroatoms. The molecular formula is C49H37F2N3O5S2. The van der Waals surface area contributed by atoms with E-state index in [2.05, 4.69) is 52.3 Å². The Bertz CT molecular complexity index is 2570. The van der Waals surface area contributed by atoms with Gasteiger partial charge in [0.25, 0.3) is 17.1 Å². The lowest BCUT2D eigenvalue weighted by molar-refractivity contribution is -0.115. The van der Waals surface area contributed by atoms with Crippen molar-refractivity contribution in [3.05, 3.63) is 219 Å². The van der Waals surface area contributed by atoms with E-state index >= 15 is 0 Å². The number of rotatable bonds is 13. The summed E-state index contributed by atoms with van der Waals surface area (Å²) in [6, 6.07) is 43.9. The van der Waals surface area contributed by atoms with Gasteiger partial charge in [-0.25, -0.2) is 8.78 Å². The maximum atomic E-state index is 15.0. The van der Waals surface area contributed by atoms with Crippen LogP contribution in [0.4, 0.5) is 13.6 Å². The summed E-state index contributed by atoms with van der Waals surface area (Å²) < 4.78 is 28.1. The Morgan fingerprint density at radius 3 is 1.85 bits per heavy atom. The second kappa shape index (κ2) is 18.0. The van der Waals surface area contributed by atoms with E-state index in [9.17, 15) is 32.8 Å². The normalized spacial score (nSPS) is 17.5. The van der Waals surface area contributed by atoms with Crippen LogP contribution in [0, 0.1) is 11.6 Å². The van der Waals surface area contributed by atoms with Crippen LogP contribution >= 0.6 is 23.5 Å². The van der Waals surface area contributed by atoms with Crippen LogP contribution in [0.3, 0.4) is 0 Å². The SMILES string of the molecule is O=C1NC(=O)C(=Cc2ccc(C(=O)NC(C(=O)c3ccccc3C(=O)c3ccc(F)cc3F)C3CC(SC(c4ccccc4)(c4ccccc4)c4ccccc4)CN3)cc2)S1.